The summed E-state index contributed by atoms with van der Waals surface area (Å²) in [6.07, 6.45) is 0. The number of nitrogens with zero attached hydrogens (tertiary/aromatic N) is 1. The molecular weight excluding hydrogens is 212 g/mol. The molecule has 3 heteroatoms. The van der Waals surface area contributed by atoms with Crippen LogP contribution in [0.5, 0.6) is 0 Å². The second-order valence-electron chi connectivity index (χ2n) is 4.44. The highest BCUT2D eigenvalue weighted by Gasteiger charge is 2.07. The summed E-state index contributed by atoms with van der Waals surface area (Å²) >= 11 is 0. The minimum Gasteiger partial charge on any atom is -0.306 e. The second kappa shape index (κ2) is 4.17. The average Bonchev–Trinajstić information content (AvgIpc) is 2.25. The molecule has 0 atom stereocenters. The van der Waals surface area contributed by atoms with E-state index in [0.29, 0.717) is 11.4 Å². The van der Waals surface area contributed by atoms with Gasteiger partial charge in [0.2, 0.25) is 0 Å². The summed E-state index contributed by atoms with van der Waals surface area (Å²) in [7, 11) is 0. The zero-order valence-corrected chi connectivity index (χ0v) is 10.6. The number of aromatic nitrogens is 2. The normalized spacial score (nSPS) is 10.6. The lowest BCUT2D eigenvalue weighted by molar-refractivity contribution is 1.03. The first-order valence-corrected chi connectivity index (χ1v) is 5.64. The maximum atomic E-state index is 11.7. The minimum absolute atomic E-state index is 0.0625. The van der Waals surface area contributed by atoms with Crippen molar-refractivity contribution in [1.29, 1.82) is 0 Å². The number of benzene rings is 1. The number of H-pyrrole nitrogens is 1. The maximum Gasteiger partial charge on any atom is 0.254 e. The van der Waals surface area contributed by atoms with Crippen LogP contribution in [-0.2, 0) is 0 Å². The zero-order chi connectivity index (χ0) is 12.6. The Hall–Kier alpha value is -1.90. The van der Waals surface area contributed by atoms with Gasteiger partial charge in [-0.1, -0.05) is 23.8 Å². The minimum atomic E-state index is -0.0625. The molecule has 0 amide bonds. The summed E-state index contributed by atoms with van der Waals surface area (Å²) in [6, 6.07) is 6.11. The Bertz CT molecular complexity index is 627. The smallest absolute Gasteiger partial charge is 0.254 e. The lowest BCUT2D eigenvalue weighted by atomic mass is 10.1. The molecule has 88 valence electrons. The van der Waals surface area contributed by atoms with Gasteiger partial charge in [0.05, 0.1) is 0 Å². The number of aromatic amines is 1. The molecule has 0 aliphatic rings. The van der Waals surface area contributed by atoms with E-state index < -0.39 is 0 Å². The first-order chi connectivity index (χ1) is 7.99. The summed E-state index contributed by atoms with van der Waals surface area (Å²) in [5.74, 6) is 0.649. The Balaban J connectivity index is 2.65. The first kappa shape index (κ1) is 11.6. The first-order valence-electron chi connectivity index (χ1n) is 5.64. The van der Waals surface area contributed by atoms with Gasteiger partial charge in [-0.3, -0.25) is 4.79 Å². The van der Waals surface area contributed by atoms with E-state index in [1.165, 1.54) is 5.56 Å². The van der Waals surface area contributed by atoms with Crippen LogP contribution in [0.2, 0.25) is 0 Å². The summed E-state index contributed by atoms with van der Waals surface area (Å²) in [4.78, 5) is 19.0. The standard InChI is InChI=1S/C14H16N2O/c1-8-5-6-12(9(2)7-8)13-15-11(4)10(3)14(17)16-13/h5-7H,1-4H3,(H,15,16,17). The summed E-state index contributed by atoms with van der Waals surface area (Å²) < 4.78 is 0. The van der Waals surface area contributed by atoms with Crippen LogP contribution in [0.3, 0.4) is 0 Å². The molecule has 0 spiro atoms. The number of hydrogen-bond acceptors (Lipinski definition) is 2. The Kier molecular flexibility index (Phi) is 2.84. The fraction of sp³-hybridized carbons (Fsp3) is 0.286. The highest BCUT2D eigenvalue weighted by molar-refractivity contribution is 5.60. The Morgan fingerprint density at radius 1 is 1.12 bits per heavy atom. The van der Waals surface area contributed by atoms with Crippen LogP contribution in [0.4, 0.5) is 0 Å². The van der Waals surface area contributed by atoms with E-state index in [2.05, 4.69) is 16.0 Å². The summed E-state index contributed by atoms with van der Waals surface area (Å²) in [5, 5.41) is 0. The molecule has 1 aromatic heterocycles. The van der Waals surface area contributed by atoms with Crippen LogP contribution in [0.1, 0.15) is 22.4 Å². The molecular formula is C14H16N2O. The van der Waals surface area contributed by atoms with Gasteiger partial charge in [-0.15, -0.1) is 0 Å². The number of aryl methyl sites for hydroxylation is 3. The van der Waals surface area contributed by atoms with E-state index >= 15 is 0 Å². The lowest BCUT2D eigenvalue weighted by Crippen LogP contribution is -2.14. The quantitative estimate of drug-likeness (QED) is 0.815. The number of hydrogen-bond donors (Lipinski definition) is 1. The van der Waals surface area contributed by atoms with Crippen LogP contribution in [0.15, 0.2) is 23.0 Å². The second-order valence-corrected chi connectivity index (χ2v) is 4.44. The predicted molar refractivity (Wildman–Crippen MR) is 69.2 cm³/mol. The van der Waals surface area contributed by atoms with Crippen molar-refractivity contribution in [3.05, 3.63) is 50.9 Å². The van der Waals surface area contributed by atoms with Crippen LogP contribution >= 0.6 is 0 Å². The molecule has 0 fully saturated rings. The van der Waals surface area contributed by atoms with Crippen LogP contribution in [-0.4, -0.2) is 9.97 Å². The Morgan fingerprint density at radius 3 is 2.41 bits per heavy atom. The van der Waals surface area contributed by atoms with Crippen LogP contribution in [0.25, 0.3) is 11.4 Å². The monoisotopic (exact) mass is 228 g/mol. The van der Waals surface area contributed by atoms with Gasteiger partial charge >= 0.3 is 0 Å². The molecule has 0 aliphatic carbocycles. The highest BCUT2D eigenvalue weighted by Crippen LogP contribution is 2.20. The summed E-state index contributed by atoms with van der Waals surface area (Å²) in [5.41, 5.74) is 4.71. The van der Waals surface area contributed by atoms with Crippen molar-refractivity contribution in [2.45, 2.75) is 27.7 Å². The largest absolute Gasteiger partial charge is 0.306 e. The van der Waals surface area contributed by atoms with Crippen molar-refractivity contribution >= 4 is 0 Å². The van der Waals surface area contributed by atoms with Crippen molar-refractivity contribution in [1.82, 2.24) is 9.97 Å². The summed E-state index contributed by atoms with van der Waals surface area (Å²) in [6.45, 7) is 7.72. The van der Waals surface area contributed by atoms with Crippen molar-refractivity contribution in [3.63, 3.8) is 0 Å². The van der Waals surface area contributed by atoms with E-state index in [4.69, 9.17) is 0 Å². The Morgan fingerprint density at radius 2 is 1.82 bits per heavy atom. The lowest BCUT2D eigenvalue weighted by Gasteiger charge is -2.08. The number of nitrogens with one attached hydrogen (secondary N) is 1. The molecule has 1 aromatic carbocycles. The third-order valence-corrected chi connectivity index (χ3v) is 3.03. The van der Waals surface area contributed by atoms with E-state index in [9.17, 15) is 4.79 Å². The SMILES string of the molecule is Cc1ccc(-c2nc(C)c(C)c(=O)[nH]2)c(C)c1. The Labute approximate surface area is 101 Å². The van der Waals surface area contributed by atoms with Crippen molar-refractivity contribution < 1.29 is 0 Å². The van der Waals surface area contributed by atoms with Gasteiger partial charge in [-0.25, -0.2) is 4.98 Å². The van der Waals surface area contributed by atoms with Gasteiger partial charge in [-0.05, 0) is 33.3 Å². The predicted octanol–water partition coefficient (Wildman–Crippen LogP) is 2.67. The fourth-order valence-electron chi connectivity index (χ4n) is 1.85. The third kappa shape index (κ3) is 2.13. The van der Waals surface area contributed by atoms with Crippen LogP contribution < -0.4 is 5.56 Å². The molecule has 17 heavy (non-hydrogen) atoms. The molecule has 1 heterocycles. The highest BCUT2D eigenvalue weighted by atomic mass is 16.1. The van der Waals surface area contributed by atoms with Crippen molar-refractivity contribution in [2.24, 2.45) is 0 Å². The molecule has 3 nitrogen and oxygen atoms in total. The topological polar surface area (TPSA) is 45.8 Å². The van der Waals surface area contributed by atoms with Gasteiger partial charge in [-0.2, -0.15) is 0 Å². The molecule has 0 saturated heterocycles. The average molecular weight is 228 g/mol. The molecule has 0 aliphatic heterocycles. The van der Waals surface area contributed by atoms with E-state index in [0.717, 1.165) is 16.8 Å². The third-order valence-electron chi connectivity index (χ3n) is 3.03. The van der Waals surface area contributed by atoms with Gasteiger partial charge in [0.25, 0.3) is 5.56 Å². The molecule has 0 saturated carbocycles. The maximum absolute atomic E-state index is 11.7. The van der Waals surface area contributed by atoms with E-state index in [-0.39, 0.29) is 5.56 Å². The van der Waals surface area contributed by atoms with E-state index in [1.54, 1.807) is 6.92 Å². The molecule has 0 bridgehead atoms. The molecule has 0 unspecified atom stereocenters. The van der Waals surface area contributed by atoms with E-state index in [1.807, 2.05) is 32.9 Å². The van der Waals surface area contributed by atoms with Gasteiger partial charge in [0, 0.05) is 16.8 Å². The van der Waals surface area contributed by atoms with Crippen LogP contribution in [0, 0.1) is 27.7 Å². The zero-order valence-electron chi connectivity index (χ0n) is 10.6. The number of rotatable bonds is 1. The molecule has 2 aromatic rings. The molecule has 2 rings (SSSR count). The van der Waals surface area contributed by atoms with Crippen molar-refractivity contribution in [3.8, 4) is 11.4 Å². The van der Waals surface area contributed by atoms with Gasteiger partial charge in [0.15, 0.2) is 0 Å². The van der Waals surface area contributed by atoms with Gasteiger partial charge < -0.3 is 4.98 Å². The van der Waals surface area contributed by atoms with Gasteiger partial charge in [0.1, 0.15) is 5.82 Å². The molecule has 0 radical (unpaired) electrons. The van der Waals surface area contributed by atoms with Crippen molar-refractivity contribution in [2.75, 3.05) is 0 Å². The molecule has 1 N–H and O–H groups in total. The fourth-order valence-corrected chi connectivity index (χ4v) is 1.85.